The Morgan fingerprint density at radius 3 is 2.46 bits per heavy atom. The average Bonchev–Trinajstić information content (AvgIpc) is 3.53. The lowest BCUT2D eigenvalue weighted by atomic mass is 10.2. The van der Waals surface area contributed by atoms with Gasteiger partial charge in [-0.05, 0) is 75.3 Å². The van der Waals surface area contributed by atoms with Gasteiger partial charge in [-0.2, -0.15) is 4.31 Å². The van der Waals surface area contributed by atoms with Crippen LogP contribution in [0.4, 0.5) is 5.13 Å². The van der Waals surface area contributed by atoms with Gasteiger partial charge in [0.2, 0.25) is 10.0 Å². The number of benzene rings is 2. The lowest BCUT2D eigenvalue weighted by Crippen LogP contribution is -2.37. The van der Waals surface area contributed by atoms with E-state index >= 15 is 0 Å². The molecule has 1 atom stereocenters. The first-order valence-electron chi connectivity index (χ1n) is 12.2. The summed E-state index contributed by atoms with van der Waals surface area (Å²) in [6.45, 7) is 4.24. The largest absolute Gasteiger partial charge is 0.377 e. The van der Waals surface area contributed by atoms with Gasteiger partial charge in [-0.25, -0.2) is 13.4 Å². The molecule has 1 aromatic heterocycles. The van der Waals surface area contributed by atoms with Crippen LogP contribution in [0.2, 0.25) is 0 Å². The zero-order valence-electron chi connectivity index (χ0n) is 21.7. The fraction of sp³-hybridized carbons (Fsp3) is 0.462. The van der Waals surface area contributed by atoms with Crippen LogP contribution in [-0.2, 0) is 21.2 Å². The lowest BCUT2D eigenvalue weighted by Gasteiger charge is -2.22. The molecule has 11 heteroatoms. The van der Waals surface area contributed by atoms with E-state index < -0.39 is 10.0 Å². The van der Waals surface area contributed by atoms with Gasteiger partial charge < -0.3 is 9.64 Å². The number of fused-ring (bicyclic) bond motifs is 1. The highest BCUT2D eigenvalue weighted by Crippen LogP contribution is 2.31. The van der Waals surface area contributed by atoms with Gasteiger partial charge in [0.05, 0.1) is 21.2 Å². The number of anilines is 1. The standard InChI is InChI=1S/C26H34N4O4S2.ClH/c1-5-19-8-13-23-24(17-19)35-26(27-23)30(15-14-28(2)3)25(31)20-9-11-22(12-10-20)36(32,33)29(4)18-21-7-6-16-34-21;/h8-13,17,21H,5-7,14-16,18H2,1-4H3;1H. The van der Waals surface area contributed by atoms with Crippen molar-refractivity contribution in [1.29, 1.82) is 0 Å². The Morgan fingerprint density at radius 1 is 1.11 bits per heavy atom. The predicted molar refractivity (Wildman–Crippen MR) is 152 cm³/mol. The van der Waals surface area contributed by atoms with Crippen LogP contribution in [0, 0.1) is 0 Å². The van der Waals surface area contributed by atoms with Crippen molar-refractivity contribution in [2.45, 2.75) is 37.2 Å². The monoisotopic (exact) mass is 566 g/mol. The number of amides is 1. The first-order chi connectivity index (χ1) is 17.2. The summed E-state index contributed by atoms with van der Waals surface area (Å²) in [5.74, 6) is -0.205. The predicted octanol–water partition coefficient (Wildman–Crippen LogP) is 4.29. The van der Waals surface area contributed by atoms with Crippen molar-refractivity contribution in [2.24, 2.45) is 0 Å². The topological polar surface area (TPSA) is 83.1 Å². The van der Waals surface area contributed by atoms with Gasteiger partial charge in [-0.1, -0.05) is 24.3 Å². The van der Waals surface area contributed by atoms with Crippen molar-refractivity contribution in [3.8, 4) is 0 Å². The van der Waals surface area contributed by atoms with Gasteiger partial charge in [-0.3, -0.25) is 9.69 Å². The average molecular weight is 567 g/mol. The van der Waals surface area contributed by atoms with Crippen molar-refractivity contribution in [2.75, 3.05) is 52.3 Å². The number of hydrogen-bond acceptors (Lipinski definition) is 7. The molecule has 1 aliphatic heterocycles. The molecule has 1 saturated heterocycles. The quantitative estimate of drug-likeness (QED) is 0.364. The minimum atomic E-state index is -3.68. The number of aromatic nitrogens is 1. The summed E-state index contributed by atoms with van der Waals surface area (Å²) in [7, 11) is 1.81. The van der Waals surface area contributed by atoms with Crippen molar-refractivity contribution in [3.63, 3.8) is 0 Å². The third-order valence-electron chi connectivity index (χ3n) is 6.39. The van der Waals surface area contributed by atoms with Crippen molar-refractivity contribution in [1.82, 2.24) is 14.2 Å². The number of aryl methyl sites for hydroxylation is 1. The van der Waals surface area contributed by atoms with Crippen LogP contribution in [0.3, 0.4) is 0 Å². The normalized spacial score (nSPS) is 15.9. The molecule has 2 aromatic carbocycles. The fourth-order valence-electron chi connectivity index (χ4n) is 4.15. The molecule has 0 saturated carbocycles. The second kappa shape index (κ2) is 12.6. The van der Waals surface area contributed by atoms with E-state index in [4.69, 9.17) is 9.72 Å². The van der Waals surface area contributed by atoms with Gasteiger partial charge in [-0.15, -0.1) is 12.4 Å². The molecule has 2 heterocycles. The number of thiazole rings is 1. The van der Waals surface area contributed by atoms with Crippen molar-refractivity contribution < 1.29 is 17.9 Å². The Labute approximate surface area is 229 Å². The molecule has 3 aromatic rings. The minimum absolute atomic E-state index is 0. The van der Waals surface area contributed by atoms with Crippen molar-refractivity contribution in [3.05, 3.63) is 53.6 Å². The van der Waals surface area contributed by atoms with Crippen LogP contribution < -0.4 is 4.90 Å². The van der Waals surface area contributed by atoms with E-state index in [9.17, 15) is 13.2 Å². The molecule has 0 bridgehead atoms. The number of hydrogen-bond donors (Lipinski definition) is 0. The van der Waals surface area contributed by atoms with Gasteiger partial charge in [0.1, 0.15) is 0 Å². The zero-order valence-corrected chi connectivity index (χ0v) is 24.2. The van der Waals surface area contributed by atoms with Crippen LogP contribution in [0.15, 0.2) is 47.4 Å². The van der Waals surface area contributed by atoms with E-state index in [0.717, 1.165) is 29.5 Å². The Balaban J connectivity index is 0.00000380. The molecule has 0 spiro atoms. The molecule has 1 amide bonds. The number of carbonyl (C=O) groups excluding carboxylic acids is 1. The Hall–Kier alpha value is -2.08. The first kappa shape index (κ1) is 29.5. The number of rotatable bonds is 10. The maximum Gasteiger partial charge on any atom is 0.260 e. The Morgan fingerprint density at radius 2 is 1.84 bits per heavy atom. The SMILES string of the molecule is CCc1ccc2nc(N(CCN(C)C)C(=O)c3ccc(S(=O)(=O)N(C)CC4CCCO4)cc3)sc2c1.Cl. The molecule has 1 unspecified atom stereocenters. The van der Waals surface area contributed by atoms with Gasteiger partial charge in [0.25, 0.3) is 5.91 Å². The van der Waals surface area contributed by atoms with Crippen LogP contribution in [0.5, 0.6) is 0 Å². The van der Waals surface area contributed by atoms with E-state index in [0.29, 0.717) is 36.9 Å². The van der Waals surface area contributed by atoms with E-state index in [-0.39, 0.29) is 29.3 Å². The number of nitrogens with zero attached hydrogens (tertiary/aromatic N) is 4. The van der Waals surface area contributed by atoms with Crippen molar-refractivity contribution >= 4 is 55.0 Å². The van der Waals surface area contributed by atoms with Crippen LogP contribution in [0.1, 0.15) is 35.7 Å². The fourth-order valence-corrected chi connectivity index (χ4v) is 6.41. The molecule has 37 heavy (non-hydrogen) atoms. The molecule has 8 nitrogen and oxygen atoms in total. The number of likely N-dealkylation sites (N-methyl/N-ethyl adjacent to an activating group) is 2. The van der Waals surface area contributed by atoms with E-state index in [1.807, 2.05) is 25.1 Å². The molecule has 0 radical (unpaired) electrons. The van der Waals surface area contributed by atoms with Gasteiger partial charge in [0, 0.05) is 38.9 Å². The summed E-state index contributed by atoms with van der Waals surface area (Å²) >= 11 is 1.50. The van der Waals surface area contributed by atoms with Crippen LogP contribution >= 0.6 is 23.7 Å². The second-order valence-corrected chi connectivity index (χ2v) is 12.4. The highest BCUT2D eigenvalue weighted by Gasteiger charge is 2.27. The molecule has 0 N–H and O–H groups in total. The summed E-state index contributed by atoms with van der Waals surface area (Å²) in [5, 5.41) is 0.637. The summed E-state index contributed by atoms with van der Waals surface area (Å²) in [6.07, 6.45) is 2.68. The van der Waals surface area contributed by atoms with Crippen LogP contribution in [0.25, 0.3) is 10.2 Å². The minimum Gasteiger partial charge on any atom is -0.377 e. The molecule has 0 aliphatic carbocycles. The highest BCUT2D eigenvalue weighted by molar-refractivity contribution is 7.89. The molecule has 4 rings (SSSR count). The highest BCUT2D eigenvalue weighted by atomic mass is 35.5. The summed E-state index contributed by atoms with van der Waals surface area (Å²) in [5.41, 5.74) is 2.51. The molecular weight excluding hydrogens is 532 g/mol. The molecule has 202 valence electrons. The third kappa shape index (κ3) is 6.87. The number of ether oxygens (including phenoxy) is 1. The van der Waals surface area contributed by atoms with Gasteiger partial charge >= 0.3 is 0 Å². The van der Waals surface area contributed by atoms with E-state index in [1.54, 1.807) is 24.1 Å². The maximum absolute atomic E-state index is 13.6. The number of halogens is 1. The molecular formula is C26H35ClN4O4S2. The van der Waals surface area contributed by atoms with E-state index in [1.165, 1.54) is 33.3 Å². The third-order valence-corrected chi connectivity index (χ3v) is 9.27. The molecule has 1 fully saturated rings. The first-order valence-corrected chi connectivity index (χ1v) is 14.5. The van der Waals surface area contributed by atoms with Gasteiger partial charge in [0.15, 0.2) is 5.13 Å². The Bertz CT molecular complexity index is 1310. The smallest absolute Gasteiger partial charge is 0.260 e. The number of sulfonamides is 1. The second-order valence-electron chi connectivity index (χ2n) is 9.36. The number of carbonyl (C=O) groups is 1. The van der Waals surface area contributed by atoms with E-state index in [2.05, 4.69) is 19.1 Å². The van der Waals surface area contributed by atoms with Crippen LogP contribution in [-0.4, -0.2) is 82.0 Å². The molecule has 1 aliphatic rings. The summed E-state index contributed by atoms with van der Waals surface area (Å²) in [6, 6.07) is 12.4. The zero-order chi connectivity index (χ0) is 25.9. The summed E-state index contributed by atoms with van der Waals surface area (Å²) in [4.78, 5) is 22.2. The Kier molecular flexibility index (Phi) is 10.1. The lowest BCUT2D eigenvalue weighted by molar-refractivity contribution is 0.0978. The maximum atomic E-state index is 13.6. The summed E-state index contributed by atoms with van der Waals surface area (Å²) < 4.78 is 34.0.